The van der Waals surface area contributed by atoms with Crippen LogP contribution >= 0.6 is 0 Å². The van der Waals surface area contributed by atoms with Crippen LogP contribution in [0, 0.1) is 0 Å². The van der Waals surface area contributed by atoms with E-state index in [4.69, 9.17) is 4.74 Å². The summed E-state index contributed by atoms with van der Waals surface area (Å²) in [4.78, 5) is 25.6. The summed E-state index contributed by atoms with van der Waals surface area (Å²) in [5.74, 6) is 0.940. The van der Waals surface area contributed by atoms with Gasteiger partial charge in [-0.3, -0.25) is 9.59 Å². The van der Waals surface area contributed by atoms with Gasteiger partial charge in [-0.15, -0.1) is 0 Å². The fourth-order valence-corrected chi connectivity index (χ4v) is 3.08. The van der Waals surface area contributed by atoms with Gasteiger partial charge in [0, 0.05) is 19.5 Å². The minimum absolute atomic E-state index is 0.0774. The second-order valence-corrected chi connectivity index (χ2v) is 5.98. The molecule has 1 fully saturated rings. The molecule has 0 bridgehead atoms. The Morgan fingerprint density at radius 3 is 3.00 bits per heavy atom. The number of amides is 2. The molecular weight excluding hydrogens is 280 g/mol. The van der Waals surface area contributed by atoms with E-state index in [1.165, 1.54) is 5.56 Å². The number of rotatable bonds is 4. The number of benzene rings is 1. The summed E-state index contributed by atoms with van der Waals surface area (Å²) in [6.07, 6.45) is 3.47. The highest BCUT2D eigenvalue weighted by Gasteiger charge is 2.29. The molecule has 1 aromatic carbocycles. The van der Waals surface area contributed by atoms with E-state index in [1.54, 1.807) is 11.8 Å². The van der Waals surface area contributed by atoms with Crippen molar-refractivity contribution in [3.8, 4) is 5.75 Å². The average molecular weight is 302 g/mol. The molecule has 0 aromatic heterocycles. The third kappa shape index (κ3) is 3.08. The Morgan fingerprint density at radius 1 is 1.36 bits per heavy atom. The second-order valence-electron chi connectivity index (χ2n) is 5.98. The van der Waals surface area contributed by atoms with Crippen LogP contribution in [-0.2, 0) is 22.6 Å². The van der Waals surface area contributed by atoms with Gasteiger partial charge in [0.05, 0.1) is 6.61 Å². The van der Waals surface area contributed by atoms with Gasteiger partial charge in [0.1, 0.15) is 11.8 Å². The summed E-state index contributed by atoms with van der Waals surface area (Å²) in [6, 6.07) is 5.66. The zero-order chi connectivity index (χ0) is 15.5. The molecule has 1 aromatic rings. The van der Waals surface area contributed by atoms with Crippen LogP contribution in [0.25, 0.3) is 0 Å². The average Bonchev–Trinajstić information content (AvgIpc) is 2.97. The second kappa shape index (κ2) is 6.38. The lowest BCUT2D eigenvalue weighted by Gasteiger charge is -2.23. The van der Waals surface area contributed by atoms with E-state index in [0.29, 0.717) is 19.5 Å². The molecule has 0 aliphatic carbocycles. The fourth-order valence-electron chi connectivity index (χ4n) is 3.08. The monoisotopic (exact) mass is 302 g/mol. The smallest absolute Gasteiger partial charge is 0.242 e. The molecule has 1 saturated heterocycles. The van der Waals surface area contributed by atoms with E-state index >= 15 is 0 Å². The number of hydrogen-bond donors (Lipinski definition) is 1. The normalized spacial score (nSPS) is 18.6. The number of nitrogens with zero attached hydrogens (tertiary/aromatic N) is 1. The topological polar surface area (TPSA) is 58.6 Å². The highest BCUT2D eigenvalue weighted by Crippen LogP contribution is 2.25. The Morgan fingerprint density at radius 2 is 2.23 bits per heavy atom. The SMILES string of the molecule is C[C@@H](C(=O)NCc1ccc2c(c1)CCCO2)N1CCCC1=O. The molecule has 0 spiro atoms. The predicted octanol–water partition coefficient (Wildman–Crippen LogP) is 1.64. The lowest BCUT2D eigenvalue weighted by molar-refractivity contribution is -0.136. The van der Waals surface area contributed by atoms with Crippen molar-refractivity contribution in [2.45, 2.75) is 45.2 Å². The molecule has 1 N–H and O–H groups in total. The van der Waals surface area contributed by atoms with Crippen molar-refractivity contribution in [1.82, 2.24) is 10.2 Å². The third-order valence-electron chi connectivity index (χ3n) is 4.40. The lowest BCUT2D eigenvalue weighted by Crippen LogP contribution is -2.45. The molecule has 22 heavy (non-hydrogen) atoms. The van der Waals surface area contributed by atoms with Crippen LogP contribution in [-0.4, -0.2) is 35.9 Å². The van der Waals surface area contributed by atoms with Crippen LogP contribution in [0.1, 0.15) is 37.3 Å². The van der Waals surface area contributed by atoms with Crippen molar-refractivity contribution in [3.05, 3.63) is 29.3 Å². The molecule has 5 heteroatoms. The summed E-state index contributed by atoms with van der Waals surface area (Å²) in [6.45, 7) is 3.74. The van der Waals surface area contributed by atoms with Gasteiger partial charge >= 0.3 is 0 Å². The first-order chi connectivity index (χ1) is 10.6. The van der Waals surface area contributed by atoms with E-state index in [0.717, 1.165) is 37.2 Å². The van der Waals surface area contributed by atoms with Crippen LogP contribution < -0.4 is 10.1 Å². The first kappa shape index (κ1) is 14.9. The van der Waals surface area contributed by atoms with Gasteiger partial charge in [-0.05, 0) is 43.4 Å². The van der Waals surface area contributed by atoms with Crippen molar-refractivity contribution in [1.29, 1.82) is 0 Å². The molecule has 0 radical (unpaired) electrons. The minimum atomic E-state index is -0.393. The largest absolute Gasteiger partial charge is 0.493 e. The molecule has 1 atom stereocenters. The van der Waals surface area contributed by atoms with Gasteiger partial charge < -0.3 is 15.0 Å². The van der Waals surface area contributed by atoms with Gasteiger partial charge in [-0.25, -0.2) is 0 Å². The number of carbonyl (C=O) groups is 2. The third-order valence-corrected chi connectivity index (χ3v) is 4.40. The molecule has 3 rings (SSSR count). The quantitative estimate of drug-likeness (QED) is 0.920. The fraction of sp³-hybridized carbons (Fsp3) is 0.529. The van der Waals surface area contributed by atoms with Crippen LogP contribution in [0.2, 0.25) is 0 Å². The molecule has 5 nitrogen and oxygen atoms in total. The number of aryl methyl sites for hydroxylation is 1. The standard InChI is InChI=1S/C17H22N2O3/c1-12(19-8-2-5-16(19)20)17(21)18-11-13-6-7-15-14(10-13)4-3-9-22-15/h6-7,10,12H,2-5,8-9,11H2,1H3,(H,18,21)/t12-/m0/s1. The molecular formula is C17H22N2O3. The maximum atomic E-state index is 12.2. The number of likely N-dealkylation sites (tertiary alicyclic amines) is 1. The molecule has 0 unspecified atom stereocenters. The van der Waals surface area contributed by atoms with Gasteiger partial charge in [0.2, 0.25) is 11.8 Å². The van der Waals surface area contributed by atoms with E-state index in [2.05, 4.69) is 11.4 Å². The van der Waals surface area contributed by atoms with Crippen LogP contribution in [0.4, 0.5) is 0 Å². The minimum Gasteiger partial charge on any atom is -0.493 e. The number of carbonyl (C=O) groups excluding carboxylic acids is 2. The highest BCUT2D eigenvalue weighted by molar-refractivity contribution is 5.88. The highest BCUT2D eigenvalue weighted by atomic mass is 16.5. The van der Waals surface area contributed by atoms with Crippen molar-refractivity contribution >= 4 is 11.8 Å². The Balaban J connectivity index is 1.57. The van der Waals surface area contributed by atoms with E-state index in [1.807, 2.05) is 12.1 Å². The molecule has 2 heterocycles. The van der Waals surface area contributed by atoms with Crippen molar-refractivity contribution in [2.75, 3.05) is 13.2 Å². The van der Waals surface area contributed by atoms with E-state index < -0.39 is 6.04 Å². The zero-order valence-electron chi connectivity index (χ0n) is 12.9. The Labute approximate surface area is 130 Å². The lowest BCUT2D eigenvalue weighted by atomic mass is 10.0. The molecule has 2 aliphatic heterocycles. The first-order valence-corrected chi connectivity index (χ1v) is 7.97. The first-order valence-electron chi connectivity index (χ1n) is 7.97. The van der Waals surface area contributed by atoms with Gasteiger partial charge in [0.15, 0.2) is 0 Å². The summed E-state index contributed by atoms with van der Waals surface area (Å²) in [5.41, 5.74) is 2.28. The van der Waals surface area contributed by atoms with Crippen molar-refractivity contribution in [2.24, 2.45) is 0 Å². The van der Waals surface area contributed by atoms with Crippen molar-refractivity contribution in [3.63, 3.8) is 0 Å². The molecule has 2 aliphatic rings. The summed E-state index contributed by atoms with van der Waals surface area (Å²) in [5, 5.41) is 2.93. The summed E-state index contributed by atoms with van der Waals surface area (Å²) >= 11 is 0. The van der Waals surface area contributed by atoms with E-state index in [9.17, 15) is 9.59 Å². The number of fused-ring (bicyclic) bond motifs is 1. The molecule has 118 valence electrons. The predicted molar refractivity (Wildman–Crippen MR) is 82.5 cm³/mol. The maximum absolute atomic E-state index is 12.2. The summed E-state index contributed by atoms with van der Waals surface area (Å²) < 4.78 is 5.59. The van der Waals surface area contributed by atoms with Gasteiger partial charge in [-0.2, -0.15) is 0 Å². The van der Waals surface area contributed by atoms with Crippen LogP contribution in [0.15, 0.2) is 18.2 Å². The number of ether oxygens (including phenoxy) is 1. The molecule has 2 amide bonds. The van der Waals surface area contributed by atoms with E-state index in [-0.39, 0.29) is 11.8 Å². The number of hydrogen-bond acceptors (Lipinski definition) is 3. The maximum Gasteiger partial charge on any atom is 0.242 e. The summed E-state index contributed by atoms with van der Waals surface area (Å²) in [7, 11) is 0. The molecule has 0 saturated carbocycles. The Kier molecular flexibility index (Phi) is 4.32. The van der Waals surface area contributed by atoms with Crippen LogP contribution in [0.5, 0.6) is 5.75 Å². The zero-order valence-corrected chi connectivity index (χ0v) is 12.9. The van der Waals surface area contributed by atoms with Crippen LogP contribution in [0.3, 0.4) is 0 Å². The number of nitrogens with one attached hydrogen (secondary N) is 1. The Bertz CT molecular complexity index is 585. The van der Waals surface area contributed by atoms with Gasteiger partial charge in [-0.1, -0.05) is 12.1 Å². The van der Waals surface area contributed by atoms with Gasteiger partial charge in [0.25, 0.3) is 0 Å². The van der Waals surface area contributed by atoms with Crippen molar-refractivity contribution < 1.29 is 14.3 Å². The Hall–Kier alpha value is -2.04.